The minimum absolute atomic E-state index is 0.633. The van der Waals surface area contributed by atoms with Crippen LogP contribution in [0, 0.1) is 5.92 Å². The van der Waals surface area contributed by atoms with Gasteiger partial charge in [0.2, 0.25) is 5.89 Å². The Morgan fingerprint density at radius 1 is 1.47 bits per heavy atom. The van der Waals surface area contributed by atoms with Crippen LogP contribution in [0.1, 0.15) is 25.7 Å². The van der Waals surface area contributed by atoms with Crippen molar-refractivity contribution in [1.29, 1.82) is 0 Å². The zero-order valence-corrected chi connectivity index (χ0v) is 9.36. The van der Waals surface area contributed by atoms with Gasteiger partial charge in [0, 0.05) is 13.1 Å². The molecule has 1 fully saturated rings. The molecule has 0 spiro atoms. The van der Waals surface area contributed by atoms with Crippen molar-refractivity contribution in [2.45, 2.75) is 26.3 Å². The highest BCUT2D eigenvalue weighted by atomic mass is 16.4. The molecule has 0 bridgehead atoms. The summed E-state index contributed by atoms with van der Waals surface area (Å²) in [5, 5.41) is 11.0. The van der Waals surface area contributed by atoms with Crippen LogP contribution < -0.4 is 10.2 Å². The molecule has 1 aromatic heterocycles. The minimum atomic E-state index is 0.633. The largest absolute Gasteiger partial charge is 0.407 e. The van der Waals surface area contributed by atoms with Gasteiger partial charge < -0.3 is 14.6 Å². The molecule has 1 aliphatic carbocycles. The van der Waals surface area contributed by atoms with Gasteiger partial charge in [-0.15, -0.1) is 5.10 Å². The van der Waals surface area contributed by atoms with E-state index in [1.54, 1.807) is 0 Å². The quantitative estimate of drug-likeness (QED) is 0.760. The van der Waals surface area contributed by atoms with Gasteiger partial charge in [0.25, 0.3) is 0 Å². The summed E-state index contributed by atoms with van der Waals surface area (Å²) in [5.41, 5.74) is 0. The van der Waals surface area contributed by atoms with Crippen molar-refractivity contribution in [3.8, 4) is 0 Å². The van der Waals surface area contributed by atoms with E-state index >= 15 is 0 Å². The molecular weight excluding hydrogens is 192 g/mol. The number of hydrogen-bond acceptors (Lipinski definition) is 5. The van der Waals surface area contributed by atoms with E-state index in [-0.39, 0.29) is 0 Å². The Labute approximate surface area is 89.9 Å². The van der Waals surface area contributed by atoms with Crippen molar-refractivity contribution in [2.75, 3.05) is 25.0 Å². The molecule has 0 amide bonds. The fraction of sp³-hybridized carbons (Fsp3) is 0.800. The lowest BCUT2D eigenvalue weighted by atomic mass is 10.4. The summed E-state index contributed by atoms with van der Waals surface area (Å²) in [4.78, 5) is 2.16. The maximum atomic E-state index is 5.55. The number of nitrogens with one attached hydrogen (secondary N) is 1. The van der Waals surface area contributed by atoms with Crippen LogP contribution in [0.2, 0.25) is 0 Å². The monoisotopic (exact) mass is 210 g/mol. The highest BCUT2D eigenvalue weighted by Crippen LogP contribution is 2.30. The predicted molar refractivity (Wildman–Crippen MR) is 57.7 cm³/mol. The van der Waals surface area contributed by atoms with Crippen molar-refractivity contribution >= 4 is 6.01 Å². The van der Waals surface area contributed by atoms with Gasteiger partial charge in [0.05, 0.1) is 6.54 Å². The molecule has 84 valence electrons. The summed E-state index contributed by atoms with van der Waals surface area (Å²) < 4.78 is 5.55. The Morgan fingerprint density at radius 3 is 2.87 bits per heavy atom. The van der Waals surface area contributed by atoms with Gasteiger partial charge in [-0.25, -0.2) is 0 Å². The summed E-state index contributed by atoms with van der Waals surface area (Å²) in [6, 6.07) is 0.662. The molecule has 0 radical (unpaired) electrons. The van der Waals surface area contributed by atoms with E-state index in [1.165, 1.54) is 12.8 Å². The molecule has 1 heterocycles. The maximum absolute atomic E-state index is 5.55. The van der Waals surface area contributed by atoms with E-state index in [9.17, 15) is 0 Å². The first-order chi connectivity index (χ1) is 7.33. The van der Waals surface area contributed by atoms with Crippen LogP contribution in [0.4, 0.5) is 6.01 Å². The van der Waals surface area contributed by atoms with Crippen LogP contribution in [0.3, 0.4) is 0 Å². The third-order valence-electron chi connectivity index (χ3n) is 2.61. The molecule has 1 saturated carbocycles. The number of aromatic nitrogens is 2. The first-order valence-corrected chi connectivity index (χ1v) is 5.55. The van der Waals surface area contributed by atoms with Gasteiger partial charge in [0.15, 0.2) is 0 Å². The molecule has 1 aromatic rings. The Bertz CT molecular complexity index is 308. The highest BCUT2D eigenvalue weighted by molar-refractivity contribution is 5.24. The van der Waals surface area contributed by atoms with Gasteiger partial charge >= 0.3 is 6.01 Å². The zero-order chi connectivity index (χ0) is 10.7. The summed E-state index contributed by atoms with van der Waals surface area (Å²) in [6.07, 6.45) is 2.68. The Morgan fingerprint density at radius 2 is 2.27 bits per heavy atom. The van der Waals surface area contributed by atoms with Gasteiger partial charge in [-0.1, -0.05) is 5.10 Å². The molecule has 0 saturated heterocycles. The summed E-state index contributed by atoms with van der Waals surface area (Å²) in [7, 11) is 1.87. The summed E-state index contributed by atoms with van der Waals surface area (Å²) in [6.45, 7) is 4.73. The van der Waals surface area contributed by atoms with Crippen LogP contribution in [0.25, 0.3) is 0 Å². The number of anilines is 1. The van der Waals surface area contributed by atoms with E-state index in [4.69, 9.17) is 4.42 Å². The van der Waals surface area contributed by atoms with Crippen molar-refractivity contribution in [2.24, 2.45) is 5.92 Å². The molecule has 0 atom stereocenters. The van der Waals surface area contributed by atoms with Crippen LogP contribution >= 0.6 is 0 Å². The zero-order valence-electron chi connectivity index (χ0n) is 9.36. The smallest absolute Gasteiger partial charge is 0.318 e. The molecule has 1 N–H and O–H groups in total. The molecule has 5 heteroatoms. The Balaban J connectivity index is 1.97. The van der Waals surface area contributed by atoms with Gasteiger partial charge in [-0.2, -0.15) is 0 Å². The highest BCUT2D eigenvalue weighted by Gasteiger charge is 2.25. The molecule has 1 aliphatic rings. The second kappa shape index (κ2) is 4.61. The standard InChI is InChI=1S/C10H18N4O/c1-3-14(7-8-4-5-8)10-13-12-9(15-10)6-11-2/h8,11H,3-7H2,1-2H3. The van der Waals surface area contributed by atoms with Crippen molar-refractivity contribution < 1.29 is 4.42 Å². The average Bonchev–Trinajstić information content (AvgIpc) is 2.95. The third kappa shape index (κ3) is 2.68. The lowest BCUT2D eigenvalue weighted by molar-refractivity contribution is 0.469. The van der Waals surface area contributed by atoms with Crippen molar-refractivity contribution in [1.82, 2.24) is 15.5 Å². The lowest BCUT2D eigenvalue weighted by Crippen LogP contribution is -2.25. The molecule has 2 rings (SSSR count). The van der Waals surface area contributed by atoms with E-state index in [0.29, 0.717) is 18.5 Å². The van der Waals surface area contributed by atoms with E-state index < -0.39 is 0 Å². The van der Waals surface area contributed by atoms with Crippen molar-refractivity contribution in [3.05, 3.63) is 5.89 Å². The lowest BCUT2D eigenvalue weighted by Gasteiger charge is -2.16. The Kier molecular flexibility index (Phi) is 3.20. The molecule has 5 nitrogen and oxygen atoms in total. The van der Waals surface area contributed by atoms with Gasteiger partial charge in [0.1, 0.15) is 0 Å². The topological polar surface area (TPSA) is 54.2 Å². The maximum Gasteiger partial charge on any atom is 0.318 e. The van der Waals surface area contributed by atoms with Crippen molar-refractivity contribution in [3.63, 3.8) is 0 Å². The second-order valence-electron chi connectivity index (χ2n) is 3.99. The van der Waals surface area contributed by atoms with E-state index in [2.05, 4.69) is 27.3 Å². The number of nitrogens with zero attached hydrogens (tertiary/aromatic N) is 3. The predicted octanol–water partition coefficient (Wildman–Crippen LogP) is 1.03. The first kappa shape index (κ1) is 10.4. The molecule has 0 aromatic carbocycles. The number of rotatable bonds is 6. The SMILES string of the molecule is CCN(CC1CC1)c1nnc(CNC)o1. The third-order valence-corrected chi connectivity index (χ3v) is 2.61. The van der Waals surface area contributed by atoms with Crippen LogP contribution in [0.15, 0.2) is 4.42 Å². The molecule has 0 aliphatic heterocycles. The van der Waals surface area contributed by atoms with E-state index in [1.807, 2.05) is 7.05 Å². The minimum Gasteiger partial charge on any atom is -0.407 e. The molecule has 0 unspecified atom stereocenters. The second-order valence-corrected chi connectivity index (χ2v) is 3.99. The first-order valence-electron chi connectivity index (χ1n) is 5.55. The summed E-state index contributed by atoms with van der Waals surface area (Å²) >= 11 is 0. The van der Waals surface area contributed by atoms with Gasteiger partial charge in [-0.3, -0.25) is 0 Å². The summed E-state index contributed by atoms with van der Waals surface area (Å²) in [5.74, 6) is 1.49. The number of hydrogen-bond donors (Lipinski definition) is 1. The van der Waals surface area contributed by atoms with Crippen LogP contribution in [-0.4, -0.2) is 30.3 Å². The normalized spacial score (nSPS) is 15.6. The molecular formula is C10H18N4O. The fourth-order valence-electron chi connectivity index (χ4n) is 1.55. The average molecular weight is 210 g/mol. The van der Waals surface area contributed by atoms with Gasteiger partial charge in [-0.05, 0) is 32.7 Å². The molecule has 15 heavy (non-hydrogen) atoms. The van der Waals surface area contributed by atoms with Crippen LogP contribution in [0.5, 0.6) is 0 Å². The fourth-order valence-corrected chi connectivity index (χ4v) is 1.55. The van der Waals surface area contributed by atoms with Crippen LogP contribution in [-0.2, 0) is 6.54 Å². The van der Waals surface area contributed by atoms with E-state index in [0.717, 1.165) is 19.0 Å². The Hall–Kier alpha value is -1.10.